The minimum Gasteiger partial charge on any atom is -0.386 e. The molecular formula is C13H15F2NO2. The first-order valence-electron chi connectivity index (χ1n) is 5.87. The summed E-state index contributed by atoms with van der Waals surface area (Å²) in [6.45, 7) is 2.41. The lowest BCUT2D eigenvalue weighted by Crippen LogP contribution is -2.63. The van der Waals surface area contributed by atoms with Crippen molar-refractivity contribution < 1.29 is 18.7 Å². The van der Waals surface area contributed by atoms with E-state index in [1.54, 1.807) is 0 Å². The molecular weight excluding hydrogens is 240 g/mol. The molecule has 98 valence electrons. The fourth-order valence-corrected chi connectivity index (χ4v) is 2.00. The zero-order chi connectivity index (χ0) is 13.3. The Hall–Kier alpha value is -1.49. The van der Waals surface area contributed by atoms with Crippen LogP contribution in [0.4, 0.5) is 8.78 Å². The molecule has 0 spiro atoms. The quantitative estimate of drug-likeness (QED) is 0.889. The van der Waals surface area contributed by atoms with Crippen molar-refractivity contribution >= 4 is 5.91 Å². The summed E-state index contributed by atoms with van der Waals surface area (Å²) in [5.41, 5.74) is -0.620. The molecule has 1 saturated heterocycles. The highest BCUT2D eigenvalue weighted by atomic mass is 19.1. The van der Waals surface area contributed by atoms with Gasteiger partial charge in [-0.15, -0.1) is 0 Å². The molecule has 0 radical (unpaired) electrons. The van der Waals surface area contributed by atoms with Crippen LogP contribution in [0.3, 0.4) is 0 Å². The van der Waals surface area contributed by atoms with Crippen molar-refractivity contribution in [3.05, 3.63) is 35.4 Å². The molecule has 0 bridgehead atoms. The summed E-state index contributed by atoms with van der Waals surface area (Å²) in [6, 6.07) is 3.17. The van der Waals surface area contributed by atoms with Crippen LogP contribution in [0.2, 0.25) is 0 Å². The Balaban J connectivity index is 1.97. The van der Waals surface area contributed by atoms with Gasteiger partial charge in [-0.1, -0.05) is 13.0 Å². The molecule has 1 aliphatic heterocycles. The second-order valence-corrected chi connectivity index (χ2v) is 4.74. The molecule has 0 atom stereocenters. The molecule has 1 heterocycles. The maximum atomic E-state index is 13.4. The van der Waals surface area contributed by atoms with E-state index in [0.717, 1.165) is 12.1 Å². The van der Waals surface area contributed by atoms with Gasteiger partial charge >= 0.3 is 0 Å². The van der Waals surface area contributed by atoms with E-state index in [0.29, 0.717) is 6.42 Å². The summed E-state index contributed by atoms with van der Waals surface area (Å²) in [7, 11) is 0. The van der Waals surface area contributed by atoms with Crippen LogP contribution in [0, 0.1) is 11.6 Å². The van der Waals surface area contributed by atoms with E-state index in [2.05, 4.69) is 0 Å². The zero-order valence-electron chi connectivity index (χ0n) is 10.1. The predicted molar refractivity (Wildman–Crippen MR) is 61.9 cm³/mol. The SMILES string of the molecule is CCC1(O)CN(C(=O)Cc2ccc(F)cc2F)C1. The number of β-amino-alcohol motifs (C(OH)–C–C–N with tert-alkyl or cyclic N) is 1. The molecule has 5 heteroatoms. The smallest absolute Gasteiger partial charge is 0.227 e. The highest BCUT2D eigenvalue weighted by Gasteiger charge is 2.41. The minimum atomic E-state index is -0.795. The topological polar surface area (TPSA) is 40.5 Å². The first-order valence-corrected chi connectivity index (χ1v) is 5.87. The molecule has 1 fully saturated rings. The number of carbonyl (C=O) groups excluding carboxylic acids is 1. The summed E-state index contributed by atoms with van der Waals surface area (Å²) in [5.74, 6) is -1.62. The first-order chi connectivity index (χ1) is 8.43. The number of amides is 1. The van der Waals surface area contributed by atoms with E-state index >= 15 is 0 Å². The molecule has 1 aromatic rings. The second-order valence-electron chi connectivity index (χ2n) is 4.74. The molecule has 0 saturated carbocycles. The zero-order valence-corrected chi connectivity index (χ0v) is 10.1. The fraction of sp³-hybridized carbons (Fsp3) is 0.462. The van der Waals surface area contributed by atoms with Gasteiger partial charge in [-0.3, -0.25) is 4.79 Å². The number of hydrogen-bond acceptors (Lipinski definition) is 2. The van der Waals surface area contributed by atoms with Crippen LogP contribution < -0.4 is 0 Å². The van der Waals surface area contributed by atoms with Gasteiger partial charge in [0.2, 0.25) is 5.91 Å². The Morgan fingerprint density at radius 1 is 1.44 bits per heavy atom. The molecule has 18 heavy (non-hydrogen) atoms. The van der Waals surface area contributed by atoms with Crippen molar-refractivity contribution in [1.82, 2.24) is 4.90 Å². The molecule has 0 aromatic heterocycles. The molecule has 0 unspecified atom stereocenters. The van der Waals surface area contributed by atoms with Crippen molar-refractivity contribution in [2.24, 2.45) is 0 Å². The molecule has 0 aliphatic carbocycles. The number of rotatable bonds is 3. The van der Waals surface area contributed by atoms with Gasteiger partial charge in [0.25, 0.3) is 0 Å². The van der Waals surface area contributed by atoms with Crippen molar-refractivity contribution in [3.8, 4) is 0 Å². The largest absolute Gasteiger partial charge is 0.386 e. The van der Waals surface area contributed by atoms with Crippen LogP contribution in [0.25, 0.3) is 0 Å². The monoisotopic (exact) mass is 255 g/mol. The van der Waals surface area contributed by atoms with Crippen molar-refractivity contribution in [1.29, 1.82) is 0 Å². The van der Waals surface area contributed by atoms with E-state index in [4.69, 9.17) is 0 Å². The molecule has 3 nitrogen and oxygen atoms in total. The summed E-state index contributed by atoms with van der Waals surface area (Å²) in [6.07, 6.45) is 0.480. The highest BCUT2D eigenvalue weighted by Crippen LogP contribution is 2.25. The number of likely N-dealkylation sites (tertiary alicyclic amines) is 1. The maximum absolute atomic E-state index is 13.4. The van der Waals surface area contributed by atoms with Crippen LogP contribution in [0.15, 0.2) is 18.2 Å². The summed E-state index contributed by atoms with van der Waals surface area (Å²) >= 11 is 0. The molecule has 1 aliphatic rings. The lowest BCUT2D eigenvalue weighted by molar-refractivity contribution is -0.155. The number of aliphatic hydroxyl groups is 1. The molecule has 1 aromatic carbocycles. The van der Waals surface area contributed by atoms with Gasteiger partial charge < -0.3 is 10.0 Å². The Bertz CT molecular complexity index is 470. The third-order valence-corrected chi connectivity index (χ3v) is 3.34. The molecule has 1 N–H and O–H groups in total. The average Bonchev–Trinajstić information content (AvgIpc) is 2.28. The van der Waals surface area contributed by atoms with Gasteiger partial charge in [0.05, 0.1) is 25.1 Å². The van der Waals surface area contributed by atoms with Gasteiger partial charge in [-0.2, -0.15) is 0 Å². The summed E-state index contributed by atoms with van der Waals surface area (Å²) < 4.78 is 26.1. The van der Waals surface area contributed by atoms with Gasteiger partial charge in [0, 0.05) is 6.07 Å². The first kappa shape index (κ1) is 13.0. The minimum absolute atomic E-state index is 0.105. The van der Waals surface area contributed by atoms with E-state index in [9.17, 15) is 18.7 Å². The van der Waals surface area contributed by atoms with Crippen LogP contribution in [-0.4, -0.2) is 34.6 Å². The normalized spacial score (nSPS) is 17.4. The number of halogens is 2. The Kier molecular flexibility index (Phi) is 3.34. The number of hydrogen-bond donors (Lipinski definition) is 1. The third kappa shape index (κ3) is 2.51. The van der Waals surface area contributed by atoms with E-state index in [1.165, 1.54) is 11.0 Å². The fourth-order valence-electron chi connectivity index (χ4n) is 2.00. The van der Waals surface area contributed by atoms with Crippen LogP contribution in [0.5, 0.6) is 0 Å². The third-order valence-electron chi connectivity index (χ3n) is 3.34. The number of nitrogens with zero attached hydrogens (tertiary/aromatic N) is 1. The second kappa shape index (κ2) is 4.65. The van der Waals surface area contributed by atoms with Crippen LogP contribution >= 0.6 is 0 Å². The van der Waals surface area contributed by atoms with E-state index in [1.807, 2.05) is 6.92 Å². The Labute approximate surface area is 104 Å². The lowest BCUT2D eigenvalue weighted by atomic mass is 9.91. The average molecular weight is 255 g/mol. The highest BCUT2D eigenvalue weighted by molar-refractivity contribution is 5.80. The van der Waals surface area contributed by atoms with Crippen molar-refractivity contribution in [3.63, 3.8) is 0 Å². The van der Waals surface area contributed by atoms with Gasteiger partial charge in [-0.25, -0.2) is 8.78 Å². The summed E-state index contributed by atoms with van der Waals surface area (Å²) in [5, 5.41) is 9.78. The summed E-state index contributed by atoms with van der Waals surface area (Å²) in [4.78, 5) is 13.3. The Morgan fingerprint density at radius 2 is 2.11 bits per heavy atom. The predicted octanol–water partition coefficient (Wildman–Crippen LogP) is 1.49. The van der Waals surface area contributed by atoms with Gasteiger partial charge in [0.15, 0.2) is 0 Å². The molecule has 1 amide bonds. The van der Waals surface area contributed by atoms with Crippen molar-refractivity contribution in [2.45, 2.75) is 25.4 Å². The maximum Gasteiger partial charge on any atom is 0.227 e. The van der Waals surface area contributed by atoms with E-state index in [-0.39, 0.29) is 31.0 Å². The standard InChI is InChI=1S/C13H15F2NO2/c1-2-13(18)7-16(8-13)12(17)5-9-3-4-10(14)6-11(9)15/h3-4,6,18H,2,5,7-8H2,1H3. The van der Waals surface area contributed by atoms with Gasteiger partial charge in [-0.05, 0) is 18.1 Å². The lowest BCUT2D eigenvalue weighted by Gasteiger charge is -2.46. The van der Waals surface area contributed by atoms with Crippen molar-refractivity contribution in [2.75, 3.05) is 13.1 Å². The Morgan fingerprint density at radius 3 is 2.67 bits per heavy atom. The van der Waals surface area contributed by atoms with Crippen LogP contribution in [0.1, 0.15) is 18.9 Å². The number of benzene rings is 1. The van der Waals surface area contributed by atoms with E-state index < -0.39 is 17.2 Å². The molecule has 2 rings (SSSR count). The van der Waals surface area contributed by atoms with Gasteiger partial charge in [0.1, 0.15) is 11.6 Å². The van der Waals surface area contributed by atoms with Crippen LogP contribution in [-0.2, 0) is 11.2 Å². The number of carbonyl (C=O) groups is 1.